The molecule has 0 radical (unpaired) electrons. The molecule has 2 rings (SSSR count). The number of benzene rings is 2. The van der Waals surface area contributed by atoms with Crippen molar-refractivity contribution in [2.24, 2.45) is 0 Å². The van der Waals surface area contributed by atoms with Crippen LogP contribution >= 0.6 is 0 Å². The predicted octanol–water partition coefficient (Wildman–Crippen LogP) is 2.58. The van der Waals surface area contributed by atoms with Crippen molar-refractivity contribution >= 4 is 11.6 Å². The average Bonchev–Trinajstić information content (AvgIpc) is 2.55. The first kappa shape index (κ1) is 15.5. The molecule has 6 nitrogen and oxygen atoms in total. The number of carbonyl (C=O) groups excluding carboxylic acids is 1. The third-order valence-corrected chi connectivity index (χ3v) is 3.20. The highest BCUT2D eigenvalue weighted by Gasteiger charge is 2.18. The monoisotopic (exact) mass is 300 g/mol. The lowest BCUT2D eigenvalue weighted by molar-refractivity contribution is -0.385. The number of amides is 1. The normalized spacial score (nSPS) is 10.0. The topological polar surface area (TPSA) is 81.5 Å². The van der Waals surface area contributed by atoms with Crippen molar-refractivity contribution in [3.05, 3.63) is 69.8 Å². The Bertz CT molecular complexity index is 668. The third kappa shape index (κ3) is 3.82. The number of methoxy groups -OCH3 is 1. The number of nitro benzene ring substituents is 1. The number of para-hydroxylation sites is 1. The molecule has 1 N–H and O–H groups in total. The van der Waals surface area contributed by atoms with Crippen LogP contribution < -0.4 is 10.1 Å². The van der Waals surface area contributed by atoms with E-state index < -0.39 is 10.8 Å². The fraction of sp³-hybridized carbons (Fsp3) is 0.188. The van der Waals surface area contributed by atoms with E-state index in [-0.39, 0.29) is 11.3 Å². The van der Waals surface area contributed by atoms with Gasteiger partial charge >= 0.3 is 0 Å². The van der Waals surface area contributed by atoms with Gasteiger partial charge in [0.05, 0.1) is 12.0 Å². The van der Waals surface area contributed by atoms with Gasteiger partial charge in [-0.3, -0.25) is 14.9 Å². The van der Waals surface area contributed by atoms with Crippen molar-refractivity contribution in [3.63, 3.8) is 0 Å². The highest BCUT2D eigenvalue weighted by molar-refractivity contribution is 5.98. The molecular weight excluding hydrogens is 284 g/mol. The maximum atomic E-state index is 12.0. The van der Waals surface area contributed by atoms with E-state index in [1.54, 1.807) is 13.2 Å². The lowest BCUT2D eigenvalue weighted by Crippen LogP contribution is -2.26. The van der Waals surface area contributed by atoms with Gasteiger partial charge in [0.1, 0.15) is 11.3 Å². The first-order valence-corrected chi connectivity index (χ1v) is 6.76. The average molecular weight is 300 g/mol. The number of rotatable bonds is 6. The zero-order valence-corrected chi connectivity index (χ0v) is 12.1. The summed E-state index contributed by atoms with van der Waals surface area (Å²) in [5, 5.41) is 13.6. The minimum atomic E-state index is -0.557. The molecule has 0 aliphatic rings. The Hall–Kier alpha value is -2.89. The molecule has 6 heteroatoms. The van der Waals surface area contributed by atoms with Gasteiger partial charge < -0.3 is 10.1 Å². The Kier molecular flexibility index (Phi) is 5.08. The van der Waals surface area contributed by atoms with Gasteiger partial charge in [-0.2, -0.15) is 0 Å². The number of ether oxygens (including phenoxy) is 1. The van der Waals surface area contributed by atoms with Crippen LogP contribution in [-0.2, 0) is 6.42 Å². The first-order chi connectivity index (χ1) is 10.6. The van der Waals surface area contributed by atoms with Crippen molar-refractivity contribution in [2.75, 3.05) is 13.7 Å². The lowest BCUT2D eigenvalue weighted by Gasteiger charge is -2.06. The second-order valence-electron chi connectivity index (χ2n) is 4.63. The van der Waals surface area contributed by atoms with Crippen LogP contribution in [0.15, 0.2) is 48.5 Å². The summed E-state index contributed by atoms with van der Waals surface area (Å²) in [5.41, 5.74) is 0.926. The van der Waals surface area contributed by atoms with E-state index in [2.05, 4.69) is 5.32 Å². The third-order valence-electron chi connectivity index (χ3n) is 3.20. The number of nitrogens with one attached hydrogen (secondary N) is 1. The summed E-state index contributed by atoms with van der Waals surface area (Å²) in [5.74, 6) is 0.327. The molecule has 22 heavy (non-hydrogen) atoms. The van der Waals surface area contributed by atoms with Crippen molar-refractivity contribution in [1.29, 1.82) is 0 Å². The molecule has 0 saturated carbocycles. The van der Waals surface area contributed by atoms with Crippen molar-refractivity contribution in [2.45, 2.75) is 6.42 Å². The van der Waals surface area contributed by atoms with E-state index in [1.165, 1.54) is 18.2 Å². The van der Waals surface area contributed by atoms with Gasteiger partial charge in [-0.05, 0) is 30.2 Å². The molecule has 1 amide bonds. The molecule has 0 aromatic heterocycles. The summed E-state index contributed by atoms with van der Waals surface area (Å²) in [6, 6.07) is 13.4. The largest absolute Gasteiger partial charge is 0.497 e. The van der Waals surface area contributed by atoms with Crippen LogP contribution in [0, 0.1) is 10.1 Å². The van der Waals surface area contributed by atoms with E-state index in [0.717, 1.165) is 11.3 Å². The molecule has 0 heterocycles. The molecule has 0 fully saturated rings. The van der Waals surface area contributed by atoms with Gasteiger partial charge in [-0.25, -0.2) is 0 Å². The van der Waals surface area contributed by atoms with E-state index in [4.69, 9.17) is 4.74 Å². The molecular formula is C16H16N2O4. The van der Waals surface area contributed by atoms with Crippen LogP contribution in [0.3, 0.4) is 0 Å². The minimum Gasteiger partial charge on any atom is -0.497 e. The second-order valence-corrected chi connectivity index (χ2v) is 4.63. The Morgan fingerprint density at radius 2 is 1.86 bits per heavy atom. The summed E-state index contributed by atoms with van der Waals surface area (Å²) in [4.78, 5) is 22.4. The summed E-state index contributed by atoms with van der Waals surface area (Å²) in [6.07, 6.45) is 0.635. The molecule has 0 spiro atoms. The van der Waals surface area contributed by atoms with Crippen LogP contribution in [0.1, 0.15) is 15.9 Å². The number of carbonyl (C=O) groups is 1. The predicted molar refractivity (Wildman–Crippen MR) is 82.1 cm³/mol. The van der Waals surface area contributed by atoms with E-state index in [0.29, 0.717) is 13.0 Å². The highest BCUT2D eigenvalue weighted by atomic mass is 16.6. The van der Waals surface area contributed by atoms with E-state index in [1.807, 2.05) is 24.3 Å². The molecule has 0 saturated heterocycles. The van der Waals surface area contributed by atoms with Crippen molar-refractivity contribution in [1.82, 2.24) is 5.32 Å². The highest BCUT2D eigenvalue weighted by Crippen LogP contribution is 2.17. The molecule has 0 bridgehead atoms. The Balaban J connectivity index is 1.94. The minimum absolute atomic E-state index is 0.0715. The summed E-state index contributed by atoms with van der Waals surface area (Å²) < 4.78 is 5.07. The molecule has 0 aliphatic carbocycles. The molecule has 0 unspecified atom stereocenters. The van der Waals surface area contributed by atoms with Gasteiger partial charge in [0.2, 0.25) is 0 Å². The number of nitrogens with zero attached hydrogens (tertiary/aromatic N) is 1. The molecule has 2 aromatic rings. The van der Waals surface area contributed by atoms with E-state index in [9.17, 15) is 14.9 Å². The van der Waals surface area contributed by atoms with Crippen LogP contribution in [-0.4, -0.2) is 24.5 Å². The Morgan fingerprint density at radius 3 is 2.50 bits per heavy atom. The van der Waals surface area contributed by atoms with Gasteiger partial charge in [0, 0.05) is 12.6 Å². The SMILES string of the molecule is COc1ccc(CCNC(=O)c2ccccc2[N+](=O)[O-])cc1. The van der Waals surface area contributed by atoms with Crippen molar-refractivity contribution in [3.8, 4) is 5.75 Å². The first-order valence-electron chi connectivity index (χ1n) is 6.76. The Morgan fingerprint density at radius 1 is 1.18 bits per heavy atom. The van der Waals surface area contributed by atoms with Crippen LogP contribution in [0.25, 0.3) is 0 Å². The Labute approximate surface area is 127 Å². The van der Waals surface area contributed by atoms with Crippen LogP contribution in [0.2, 0.25) is 0 Å². The molecule has 0 aliphatic heterocycles. The zero-order chi connectivity index (χ0) is 15.9. The smallest absolute Gasteiger partial charge is 0.282 e. The lowest BCUT2D eigenvalue weighted by atomic mass is 10.1. The van der Waals surface area contributed by atoms with Crippen LogP contribution in [0.5, 0.6) is 5.75 Å². The van der Waals surface area contributed by atoms with Crippen LogP contribution in [0.4, 0.5) is 5.69 Å². The summed E-state index contributed by atoms with van der Waals surface area (Å²) in [6.45, 7) is 0.400. The molecule has 2 aromatic carbocycles. The van der Waals surface area contributed by atoms with E-state index >= 15 is 0 Å². The van der Waals surface area contributed by atoms with Gasteiger partial charge in [-0.15, -0.1) is 0 Å². The summed E-state index contributed by atoms with van der Waals surface area (Å²) >= 11 is 0. The maximum Gasteiger partial charge on any atom is 0.282 e. The summed E-state index contributed by atoms with van der Waals surface area (Å²) in [7, 11) is 1.60. The quantitative estimate of drug-likeness (QED) is 0.656. The molecule has 0 atom stereocenters. The van der Waals surface area contributed by atoms with Gasteiger partial charge in [0.15, 0.2) is 0 Å². The number of nitro groups is 1. The molecule has 114 valence electrons. The van der Waals surface area contributed by atoms with Gasteiger partial charge in [0.25, 0.3) is 11.6 Å². The maximum absolute atomic E-state index is 12.0. The van der Waals surface area contributed by atoms with Crippen molar-refractivity contribution < 1.29 is 14.5 Å². The van der Waals surface area contributed by atoms with Gasteiger partial charge in [-0.1, -0.05) is 24.3 Å². The fourth-order valence-electron chi connectivity index (χ4n) is 2.03. The second kappa shape index (κ2) is 7.21. The zero-order valence-electron chi connectivity index (χ0n) is 12.1. The number of hydrogen-bond acceptors (Lipinski definition) is 4. The fourth-order valence-corrected chi connectivity index (χ4v) is 2.03. The standard InChI is InChI=1S/C16H16N2O4/c1-22-13-8-6-12(7-9-13)10-11-17-16(19)14-4-2-3-5-15(14)18(20)21/h2-9H,10-11H2,1H3,(H,17,19). The number of hydrogen-bond donors (Lipinski definition) is 1.